The molecule has 2 aromatic carbocycles. The molecule has 0 saturated carbocycles. The number of piperazine rings is 1. The standard InChI is InChI=1S/C22H26N2O/c25-17-7-6-11-21-10-4-5-12-22(21)19-24-15-13-23(14-16-24)18-20-8-2-1-3-9-20/h1-5,8-10,12,25H,7,13-19H2. The van der Waals surface area contributed by atoms with Gasteiger partial charge < -0.3 is 5.11 Å². The van der Waals surface area contributed by atoms with Gasteiger partial charge in [-0.3, -0.25) is 9.80 Å². The first-order valence-electron chi connectivity index (χ1n) is 9.01. The van der Waals surface area contributed by atoms with Gasteiger partial charge in [-0.2, -0.15) is 0 Å². The lowest BCUT2D eigenvalue weighted by atomic mass is 10.1. The normalized spacial score (nSPS) is 15.6. The van der Waals surface area contributed by atoms with E-state index in [9.17, 15) is 0 Å². The van der Waals surface area contributed by atoms with Gasteiger partial charge in [-0.1, -0.05) is 60.4 Å². The quantitative estimate of drug-likeness (QED) is 0.852. The van der Waals surface area contributed by atoms with Crippen molar-refractivity contribution < 1.29 is 5.11 Å². The van der Waals surface area contributed by atoms with Gasteiger partial charge in [0.05, 0.1) is 6.61 Å². The molecule has 0 aliphatic carbocycles. The molecule has 3 nitrogen and oxygen atoms in total. The molecule has 0 radical (unpaired) electrons. The molecule has 3 rings (SSSR count). The van der Waals surface area contributed by atoms with Gasteiger partial charge in [-0.15, -0.1) is 0 Å². The van der Waals surface area contributed by atoms with Gasteiger partial charge in [-0.25, -0.2) is 0 Å². The number of hydrogen-bond acceptors (Lipinski definition) is 3. The Hall–Kier alpha value is -2.12. The van der Waals surface area contributed by atoms with Crippen LogP contribution < -0.4 is 0 Å². The Labute approximate surface area is 150 Å². The summed E-state index contributed by atoms with van der Waals surface area (Å²) in [6.07, 6.45) is 0.534. The van der Waals surface area contributed by atoms with Gasteiger partial charge >= 0.3 is 0 Å². The minimum atomic E-state index is 0.124. The molecule has 1 heterocycles. The van der Waals surface area contributed by atoms with E-state index in [1.807, 2.05) is 6.07 Å². The van der Waals surface area contributed by atoms with Crippen LogP contribution in [0.2, 0.25) is 0 Å². The van der Waals surface area contributed by atoms with Crippen molar-refractivity contribution in [3.8, 4) is 11.8 Å². The second-order valence-corrected chi connectivity index (χ2v) is 6.47. The fraction of sp³-hybridized carbons (Fsp3) is 0.364. The van der Waals surface area contributed by atoms with E-state index in [2.05, 4.69) is 70.2 Å². The summed E-state index contributed by atoms with van der Waals surface area (Å²) in [5, 5.41) is 8.89. The third-order valence-corrected chi connectivity index (χ3v) is 4.59. The van der Waals surface area contributed by atoms with Crippen LogP contribution in [0.25, 0.3) is 0 Å². The highest BCUT2D eigenvalue weighted by molar-refractivity contribution is 5.41. The topological polar surface area (TPSA) is 26.7 Å². The smallest absolute Gasteiger partial charge is 0.0540 e. The van der Waals surface area contributed by atoms with E-state index >= 15 is 0 Å². The summed E-state index contributed by atoms with van der Waals surface area (Å²) in [5.41, 5.74) is 3.76. The molecule has 0 amide bonds. The third-order valence-electron chi connectivity index (χ3n) is 4.59. The minimum absolute atomic E-state index is 0.124. The zero-order valence-electron chi connectivity index (χ0n) is 14.7. The molecule has 0 spiro atoms. The van der Waals surface area contributed by atoms with Crippen LogP contribution in [0.5, 0.6) is 0 Å². The molecular formula is C22H26N2O. The van der Waals surface area contributed by atoms with Gasteiger partial charge in [0, 0.05) is 51.3 Å². The van der Waals surface area contributed by atoms with Crippen LogP contribution in [0.1, 0.15) is 23.1 Å². The van der Waals surface area contributed by atoms with Crippen molar-refractivity contribution >= 4 is 0 Å². The summed E-state index contributed by atoms with van der Waals surface area (Å²) in [7, 11) is 0. The molecule has 1 fully saturated rings. The summed E-state index contributed by atoms with van der Waals surface area (Å²) >= 11 is 0. The van der Waals surface area contributed by atoms with Crippen LogP contribution in [0, 0.1) is 11.8 Å². The second-order valence-electron chi connectivity index (χ2n) is 6.47. The van der Waals surface area contributed by atoms with Gasteiger partial charge in [0.15, 0.2) is 0 Å². The zero-order valence-corrected chi connectivity index (χ0v) is 14.7. The summed E-state index contributed by atoms with van der Waals surface area (Å²) in [6, 6.07) is 19.1. The maximum absolute atomic E-state index is 8.89. The lowest BCUT2D eigenvalue weighted by Gasteiger charge is -2.35. The van der Waals surface area contributed by atoms with Crippen LogP contribution in [0.15, 0.2) is 54.6 Å². The Bertz CT molecular complexity index is 710. The number of hydrogen-bond donors (Lipinski definition) is 1. The van der Waals surface area contributed by atoms with Crippen molar-refractivity contribution in [3.63, 3.8) is 0 Å². The van der Waals surface area contributed by atoms with E-state index in [0.717, 1.165) is 44.8 Å². The van der Waals surface area contributed by atoms with Gasteiger partial charge in [0.2, 0.25) is 0 Å². The molecule has 0 bridgehead atoms. The number of nitrogens with zero attached hydrogens (tertiary/aromatic N) is 2. The van der Waals surface area contributed by atoms with Crippen molar-refractivity contribution in [2.75, 3.05) is 32.8 Å². The molecule has 0 unspecified atom stereocenters. The van der Waals surface area contributed by atoms with Crippen molar-refractivity contribution in [3.05, 3.63) is 71.3 Å². The summed E-state index contributed by atoms with van der Waals surface area (Å²) in [6.45, 7) is 6.50. The predicted octanol–water partition coefficient (Wildman–Crippen LogP) is 2.74. The molecule has 2 aromatic rings. The second kappa shape index (κ2) is 9.39. The highest BCUT2D eigenvalue weighted by Crippen LogP contribution is 2.14. The summed E-state index contributed by atoms with van der Waals surface area (Å²) in [4.78, 5) is 5.03. The van der Waals surface area contributed by atoms with E-state index in [1.54, 1.807) is 0 Å². The monoisotopic (exact) mass is 334 g/mol. The van der Waals surface area contributed by atoms with Crippen LogP contribution in [0.3, 0.4) is 0 Å². The fourth-order valence-corrected chi connectivity index (χ4v) is 3.18. The Balaban J connectivity index is 1.53. The van der Waals surface area contributed by atoms with Crippen molar-refractivity contribution in [2.24, 2.45) is 0 Å². The fourth-order valence-electron chi connectivity index (χ4n) is 3.18. The first-order chi connectivity index (χ1) is 12.3. The highest BCUT2D eigenvalue weighted by atomic mass is 16.2. The van der Waals surface area contributed by atoms with Crippen LogP contribution >= 0.6 is 0 Å². The minimum Gasteiger partial charge on any atom is -0.395 e. The molecule has 25 heavy (non-hydrogen) atoms. The first kappa shape index (κ1) is 17.7. The molecule has 1 N–H and O–H groups in total. The van der Waals surface area contributed by atoms with Crippen LogP contribution in [-0.2, 0) is 13.1 Å². The van der Waals surface area contributed by atoms with E-state index in [1.165, 1.54) is 11.1 Å². The molecule has 130 valence electrons. The maximum atomic E-state index is 8.89. The van der Waals surface area contributed by atoms with E-state index < -0.39 is 0 Å². The van der Waals surface area contributed by atoms with E-state index in [4.69, 9.17) is 5.11 Å². The van der Waals surface area contributed by atoms with Gasteiger partial charge in [0.25, 0.3) is 0 Å². The number of rotatable bonds is 5. The molecule has 1 aliphatic heterocycles. The Morgan fingerprint density at radius 1 is 0.800 bits per heavy atom. The predicted molar refractivity (Wildman–Crippen MR) is 102 cm³/mol. The average molecular weight is 334 g/mol. The molecule has 1 saturated heterocycles. The van der Waals surface area contributed by atoms with Crippen LogP contribution in [-0.4, -0.2) is 47.7 Å². The Kier molecular flexibility index (Phi) is 6.64. The Morgan fingerprint density at radius 3 is 2.16 bits per heavy atom. The van der Waals surface area contributed by atoms with Crippen LogP contribution in [0.4, 0.5) is 0 Å². The molecule has 0 atom stereocenters. The largest absolute Gasteiger partial charge is 0.395 e. The highest BCUT2D eigenvalue weighted by Gasteiger charge is 2.17. The Morgan fingerprint density at radius 2 is 1.44 bits per heavy atom. The molecule has 1 aliphatic rings. The van der Waals surface area contributed by atoms with Gasteiger partial charge in [-0.05, 0) is 17.2 Å². The number of benzene rings is 2. The molecule has 0 aromatic heterocycles. The van der Waals surface area contributed by atoms with Crippen molar-refractivity contribution in [1.29, 1.82) is 0 Å². The SMILES string of the molecule is OCCC#Cc1ccccc1CN1CCN(Cc2ccccc2)CC1. The zero-order chi connectivity index (χ0) is 17.3. The van der Waals surface area contributed by atoms with E-state index in [-0.39, 0.29) is 6.61 Å². The average Bonchev–Trinajstić information content (AvgIpc) is 2.66. The van der Waals surface area contributed by atoms with E-state index in [0.29, 0.717) is 6.42 Å². The molecule has 3 heteroatoms. The maximum Gasteiger partial charge on any atom is 0.0540 e. The first-order valence-corrected chi connectivity index (χ1v) is 9.01. The summed E-state index contributed by atoms with van der Waals surface area (Å²) in [5.74, 6) is 6.23. The van der Waals surface area contributed by atoms with Crippen molar-refractivity contribution in [2.45, 2.75) is 19.5 Å². The number of aliphatic hydroxyl groups excluding tert-OH is 1. The van der Waals surface area contributed by atoms with Gasteiger partial charge in [0.1, 0.15) is 0 Å². The number of aliphatic hydroxyl groups is 1. The summed E-state index contributed by atoms with van der Waals surface area (Å²) < 4.78 is 0. The third kappa shape index (κ3) is 5.44. The lowest BCUT2D eigenvalue weighted by molar-refractivity contribution is 0.122. The molecular weight excluding hydrogens is 308 g/mol. The lowest BCUT2D eigenvalue weighted by Crippen LogP contribution is -2.45. The van der Waals surface area contributed by atoms with Crippen molar-refractivity contribution in [1.82, 2.24) is 9.80 Å².